The average molecular weight is 338 g/mol. The van der Waals surface area contributed by atoms with Crippen LogP contribution in [-0.4, -0.2) is 11.8 Å². The number of benzene rings is 1. The molecule has 2 aromatic rings. The van der Waals surface area contributed by atoms with E-state index in [-0.39, 0.29) is 11.8 Å². The zero-order valence-electron chi connectivity index (χ0n) is 13.3. The van der Waals surface area contributed by atoms with Crippen molar-refractivity contribution in [3.8, 4) is 0 Å². The third-order valence-electron chi connectivity index (χ3n) is 5.49. The molecule has 1 aromatic carbocycles. The monoisotopic (exact) mass is 338 g/mol. The molecule has 4 nitrogen and oxygen atoms in total. The number of hydrogen-bond acceptors (Lipinski definition) is 3. The van der Waals surface area contributed by atoms with Crippen LogP contribution in [0.25, 0.3) is 0 Å². The van der Waals surface area contributed by atoms with Crippen LogP contribution in [0.5, 0.6) is 0 Å². The molecule has 1 N–H and O–H groups in total. The van der Waals surface area contributed by atoms with Crippen molar-refractivity contribution in [1.29, 1.82) is 0 Å². The third kappa shape index (κ3) is 1.73. The Morgan fingerprint density at radius 3 is 2.67 bits per heavy atom. The molecule has 1 saturated heterocycles. The first-order valence-corrected chi connectivity index (χ1v) is 9.38. The number of rotatable bonds is 1. The van der Waals surface area contributed by atoms with E-state index >= 15 is 0 Å². The van der Waals surface area contributed by atoms with E-state index in [0.717, 1.165) is 35.4 Å². The predicted octanol–water partition coefficient (Wildman–Crippen LogP) is 3.35. The second kappa shape index (κ2) is 4.93. The molecule has 0 saturated carbocycles. The molecule has 1 fully saturated rings. The maximum Gasteiger partial charge on any atom is 0.256 e. The molecule has 2 aliphatic heterocycles. The highest BCUT2D eigenvalue weighted by Crippen LogP contribution is 2.50. The van der Waals surface area contributed by atoms with E-state index in [0.29, 0.717) is 12.8 Å². The Kier molecular flexibility index (Phi) is 2.92. The zero-order valence-corrected chi connectivity index (χ0v) is 14.1. The van der Waals surface area contributed by atoms with Gasteiger partial charge in [-0.3, -0.25) is 14.5 Å². The summed E-state index contributed by atoms with van der Waals surface area (Å²) < 4.78 is 0. The second-order valence-corrected chi connectivity index (χ2v) is 7.88. The standard InChI is InChI=1S/C19H18N2O2S/c22-15-10-11-19(12-6-2-1-3-7-12)20-17(23)16-13-8-4-5-9-14(13)24-18(16)21(15)19/h1-3,6-7H,4-5,8-11H2,(H,20,23). The first-order chi connectivity index (χ1) is 11.7. The molecule has 5 heteroatoms. The molecule has 24 heavy (non-hydrogen) atoms. The first-order valence-electron chi connectivity index (χ1n) is 8.56. The van der Waals surface area contributed by atoms with Gasteiger partial charge in [-0.1, -0.05) is 30.3 Å². The number of carbonyl (C=O) groups is 2. The van der Waals surface area contributed by atoms with Crippen molar-refractivity contribution in [3.05, 3.63) is 51.9 Å². The molecule has 1 atom stereocenters. The minimum atomic E-state index is -0.712. The van der Waals surface area contributed by atoms with Gasteiger partial charge in [0.25, 0.3) is 5.91 Å². The van der Waals surface area contributed by atoms with E-state index in [4.69, 9.17) is 0 Å². The van der Waals surface area contributed by atoms with Crippen molar-refractivity contribution < 1.29 is 9.59 Å². The Morgan fingerprint density at radius 1 is 1.04 bits per heavy atom. The molecule has 0 spiro atoms. The molecule has 0 bridgehead atoms. The Morgan fingerprint density at radius 2 is 1.83 bits per heavy atom. The molecule has 1 aliphatic carbocycles. The lowest BCUT2D eigenvalue weighted by Gasteiger charge is -2.42. The van der Waals surface area contributed by atoms with Gasteiger partial charge in [-0.2, -0.15) is 0 Å². The van der Waals surface area contributed by atoms with E-state index in [9.17, 15) is 9.59 Å². The summed E-state index contributed by atoms with van der Waals surface area (Å²) in [7, 11) is 0. The van der Waals surface area contributed by atoms with Gasteiger partial charge in [0.15, 0.2) is 0 Å². The predicted molar refractivity (Wildman–Crippen MR) is 93.3 cm³/mol. The van der Waals surface area contributed by atoms with E-state index in [1.165, 1.54) is 16.9 Å². The fourth-order valence-corrected chi connectivity index (χ4v) is 5.86. The Labute approximate surface area is 144 Å². The number of aryl methyl sites for hydroxylation is 1. The van der Waals surface area contributed by atoms with Gasteiger partial charge in [0.2, 0.25) is 5.91 Å². The molecular formula is C19H18N2O2S. The van der Waals surface area contributed by atoms with Crippen LogP contribution in [0.4, 0.5) is 5.00 Å². The lowest BCUT2D eigenvalue weighted by molar-refractivity contribution is -0.117. The van der Waals surface area contributed by atoms with Gasteiger partial charge in [-0.15, -0.1) is 11.3 Å². The van der Waals surface area contributed by atoms with Gasteiger partial charge in [-0.25, -0.2) is 0 Å². The van der Waals surface area contributed by atoms with Crippen LogP contribution in [0.1, 0.15) is 52.0 Å². The molecule has 5 rings (SSSR count). The summed E-state index contributed by atoms with van der Waals surface area (Å²) in [5.41, 5.74) is 2.22. The summed E-state index contributed by atoms with van der Waals surface area (Å²) in [5, 5.41) is 4.08. The highest BCUT2D eigenvalue weighted by molar-refractivity contribution is 7.17. The SMILES string of the molecule is O=C1NC2(c3ccccc3)CCC(=O)N2c2sc3c(c21)CCCC3. The summed E-state index contributed by atoms with van der Waals surface area (Å²) in [6.07, 6.45) is 5.38. The molecular weight excluding hydrogens is 320 g/mol. The molecule has 1 unspecified atom stereocenters. The maximum atomic E-state index is 13.0. The largest absolute Gasteiger partial charge is 0.325 e. The van der Waals surface area contributed by atoms with Gasteiger partial charge in [0.1, 0.15) is 10.7 Å². The minimum absolute atomic E-state index is 0.0146. The molecule has 1 aromatic heterocycles. The van der Waals surface area contributed by atoms with E-state index in [1.54, 1.807) is 11.3 Å². The van der Waals surface area contributed by atoms with Crippen LogP contribution >= 0.6 is 11.3 Å². The van der Waals surface area contributed by atoms with Gasteiger partial charge in [-0.05, 0) is 36.8 Å². The van der Waals surface area contributed by atoms with E-state index in [1.807, 2.05) is 35.2 Å². The van der Waals surface area contributed by atoms with Crippen LogP contribution in [0, 0.1) is 0 Å². The van der Waals surface area contributed by atoms with Crippen LogP contribution in [0.3, 0.4) is 0 Å². The molecule has 3 aliphatic rings. The van der Waals surface area contributed by atoms with Crippen molar-refractivity contribution in [1.82, 2.24) is 5.32 Å². The zero-order chi connectivity index (χ0) is 16.3. The first kappa shape index (κ1) is 14.2. The van der Waals surface area contributed by atoms with Gasteiger partial charge >= 0.3 is 0 Å². The lowest BCUT2D eigenvalue weighted by atomic mass is 9.90. The quantitative estimate of drug-likeness (QED) is 0.867. The average Bonchev–Trinajstić information content (AvgIpc) is 3.15. The minimum Gasteiger partial charge on any atom is -0.325 e. The van der Waals surface area contributed by atoms with Crippen molar-refractivity contribution in [2.75, 3.05) is 4.90 Å². The highest BCUT2D eigenvalue weighted by atomic mass is 32.1. The number of thiophene rings is 1. The fourth-order valence-electron chi connectivity index (χ4n) is 4.38. The maximum absolute atomic E-state index is 13.0. The van der Waals surface area contributed by atoms with Crippen molar-refractivity contribution in [2.45, 2.75) is 44.2 Å². The summed E-state index contributed by atoms with van der Waals surface area (Å²) in [6, 6.07) is 9.90. The van der Waals surface area contributed by atoms with E-state index < -0.39 is 5.66 Å². The summed E-state index contributed by atoms with van der Waals surface area (Å²) >= 11 is 1.66. The normalized spacial score (nSPS) is 25.1. The Balaban J connectivity index is 1.74. The van der Waals surface area contributed by atoms with E-state index in [2.05, 4.69) is 5.32 Å². The summed E-state index contributed by atoms with van der Waals surface area (Å²) in [6.45, 7) is 0. The highest BCUT2D eigenvalue weighted by Gasteiger charge is 2.54. The number of carbonyl (C=O) groups excluding carboxylic acids is 2. The summed E-state index contributed by atoms with van der Waals surface area (Å²) in [5.74, 6) is 0.0953. The van der Waals surface area contributed by atoms with Crippen molar-refractivity contribution >= 4 is 28.2 Å². The smallest absolute Gasteiger partial charge is 0.256 e. The van der Waals surface area contributed by atoms with Crippen LogP contribution in [-0.2, 0) is 23.3 Å². The van der Waals surface area contributed by atoms with Crippen LogP contribution in [0.2, 0.25) is 0 Å². The molecule has 3 heterocycles. The number of anilines is 1. The second-order valence-electron chi connectivity index (χ2n) is 6.80. The number of nitrogens with one attached hydrogen (secondary N) is 1. The topological polar surface area (TPSA) is 49.4 Å². The third-order valence-corrected chi connectivity index (χ3v) is 6.76. The lowest BCUT2D eigenvalue weighted by Crippen LogP contribution is -2.59. The molecule has 122 valence electrons. The number of amides is 2. The Bertz CT molecular complexity index is 858. The van der Waals surface area contributed by atoms with Crippen molar-refractivity contribution in [3.63, 3.8) is 0 Å². The molecule has 2 amide bonds. The number of fused-ring (bicyclic) bond motifs is 5. The number of nitrogens with zero attached hydrogens (tertiary/aromatic N) is 1. The molecule has 0 radical (unpaired) electrons. The Hall–Kier alpha value is -2.14. The van der Waals surface area contributed by atoms with Gasteiger partial charge in [0, 0.05) is 17.7 Å². The van der Waals surface area contributed by atoms with Gasteiger partial charge < -0.3 is 5.32 Å². The fraction of sp³-hybridized carbons (Fsp3) is 0.368. The summed E-state index contributed by atoms with van der Waals surface area (Å²) in [4.78, 5) is 28.9. The van der Waals surface area contributed by atoms with Crippen LogP contribution < -0.4 is 10.2 Å². The van der Waals surface area contributed by atoms with Gasteiger partial charge in [0.05, 0.1) is 5.56 Å². The van der Waals surface area contributed by atoms with Crippen molar-refractivity contribution in [2.24, 2.45) is 0 Å². The van der Waals surface area contributed by atoms with Crippen LogP contribution in [0.15, 0.2) is 30.3 Å². The number of hydrogen-bond donors (Lipinski definition) is 1.